The van der Waals surface area contributed by atoms with E-state index in [9.17, 15) is 17.6 Å². The van der Waals surface area contributed by atoms with E-state index in [-0.39, 0.29) is 32.7 Å². The summed E-state index contributed by atoms with van der Waals surface area (Å²) in [5, 5.41) is 0.113. The molecule has 1 N–H and O–H groups in total. The summed E-state index contributed by atoms with van der Waals surface area (Å²) in [6, 6.07) is 10.00. The summed E-state index contributed by atoms with van der Waals surface area (Å²) in [6.45, 7) is 0. The second kappa shape index (κ2) is 7.61. The summed E-state index contributed by atoms with van der Waals surface area (Å²) in [4.78, 5) is 16.3. The number of para-hydroxylation sites is 1. The number of rotatable bonds is 5. The number of benzene rings is 2. The SMILES string of the molecule is COc1ccccc1S(=O)(=O)NC(=O)c1cn(C)c(-c2c(F)cccc2Cl)n1. The van der Waals surface area contributed by atoms with Gasteiger partial charge in [0.2, 0.25) is 0 Å². The number of nitrogens with zero attached hydrogens (tertiary/aromatic N) is 2. The van der Waals surface area contributed by atoms with E-state index >= 15 is 0 Å². The van der Waals surface area contributed by atoms with Crippen molar-refractivity contribution in [1.29, 1.82) is 0 Å². The van der Waals surface area contributed by atoms with Gasteiger partial charge in [0.25, 0.3) is 15.9 Å². The Kier molecular flexibility index (Phi) is 5.39. The van der Waals surface area contributed by atoms with Crippen molar-refractivity contribution in [3.05, 3.63) is 65.2 Å². The van der Waals surface area contributed by atoms with Gasteiger partial charge in [0.05, 0.1) is 17.7 Å². The van der Waals surface area contributed by atoms with Crippen LogP contribution in [0.2, 0.25) is 5.02 Å². The van der Waals surface area contributed by atoms with Crippen LogP contribution >= 0.6 is 11.6 Å². The van der Waals surface area contributed by atoms with Crippen molar-refractivity contribution in [2.45, 2.75) is 4.90 Å². The Balaban J connectivity index is 1.94. The Morgan fingerprint density at radius 2 is 1.93 bits per heavy atom. The zero-order valence-corrected chi connectivity index (χ0v) is 16.4. The molecule has 0 saturated heterocycles. The molecule has 0 aliphatic rings. The summed E-state index contributed by atoms with van der Waals surface area (Å²) in [5.74, 6) is -1.42. The first-order valence-electron chi connectivity index (χ1n) is 7.92. The number of imidazole rings is 1. The molecule has 0 atom stereocenters. The fraction of sp³-hybridized carbons (Fsp3) is 0.111. The van der Waals surface area contributed by atoms with Crippen LogP contribution in [0.25, 0.3) is 11.4 Å². The molecule has 0 aliphatic carbocycles. The highest BCUT2D eigenvalue weighted by Crippen LogP contribution is 2.29. The summed E-state index contributed by atoms with van der Waals surface area (Å²) >= 11 is 6.04. The van der Waals surface area contributed by atoms with Gasteiger partial charge < -0.3 is 9.30 Å². The largest absolute Gasteiger partial charge is 0.495 e. The van der Waals surface area contributed by atoms with E-state index in [1.54, 1.807) is 6.07 Å². The number of nitrogens with one attached hydrogen (secondary N) is 1. The molecule has 0 saturated carbocycles. The minimum atomic E-state index is -4.21. The Labute approximate surface area is 165 Å². The monoisotopic (exact) mass is 423 g/mol. The average molecular weight is 424 g/mol. The smallest absolute Gasteiger partial charge is 0.285 e. The van der Waals surface area contributed by atoms with Crippen LogP contribution < -0.4 is 9.46 Å². The lowest BCUT2D eigenvalue weighted by molar-refractivity contribution is 0.0977. The molecule has 0 unspecified atom stereocenters. The van der Waals surface area contributed by atoms with Gasteiger partial charge in [0.1, 0.15) is 28.0 Å². The van der Waals surface area contributed by atoms with Gasteiger partial charge in [-0.1, -0.05) is 29.8 Å². The Morgan fingerprint density at radius 1 is 1.21 bits per heavy atom. The lowest BCUT2D eigenvalue weighted by Crippen LogP contribution is -2.31. The molecule has 7 nitrogen and oxygen atoms in total. The summed E-state index contributed by atoms with van der Waals surface area (Å²) in [6.07, 6.45) is 1.28. The third kappa shape index (κ3) is 3.71. The molecule has 1 aromatic heterocycles. The first-order chi connectivity index (χ1) is 13.2. The summed E-state index contributed by atoms with van der Waals surface area (Å²) in [5.41, 5.74) is -0.200. The standard InChI is InChI=1S/C18H15ClFN3O4S/c1-23-10-13(21-17(23)16-11(19)6-5-7-12(16)20)18(24)22-28(25,26)15-9-4-3-8-14(15)27-2/h3-10H,1-2H3,(H,22,24). The Hall–Kier alpha value is -2.91. The second-order valence-corrected chi connectivity index (χ2v) is 7.80. The molecule has 0 fully saturated rings. The van der Waals surface area contributed by atoms with Gasteiger partial charge in [0, 0.05) is 13.2 Å². The molecule has 3 rings (SSSR count). The normalized spacial score (nSPS) is 11.3. The molecule has 1 amide bonds. The van der Waals surface area contributed by atoms with Crippen LogP contribution in [-0.2, 0) is 17.1 Å². The molecular weight excluding hydrogens is 409 g/mol. The lowest BCUT2D eigenvalue weighted by Gasteiger charge is -2.09. The molecule has 2 aromatic carbocycles. The number of hydrogen-bond acceptors (Lipinski definition) is 5. The number of aryl methyl sites for hydroxylation is 1. The number of aromatic nitrogens is 2. The summed E-state index contributed by atoms with van der Waals surface area (Å²) < 4.78 is 47.6. The van der Waals surface area contributed by atoms with E-state index < -0.39 is 21.7 Å². The number of amides is 1. The number of hydrogen-bond donors (Lipinski definition) is 1. The van der Waals surface area contributed by atoms with Gasteiger partial charge in [-0.05, 0) is 24.3 Å². The topological polar surface area (TPSA) is 90.3 Å². The van der Waals surface area contributed by atoms with Crippen LogP contribution in [0, 0.1) is 5.82 Å². The third-order valence-electron chi connectivity index (χ3n) is 3.88. The first-order valence-corrected chi connectivity index (χ1v) is 9.78. The third-order valence-corrected chi connectivity index (χ3v) is 5.57. The second-order valence-electron chi connectivity index (χ2n) is 5.74. The van der Waals surface area contributed by atoms with Crippen LogP contribution in [0.3, 0.4) is 0 Å². The zero-order valence-electron chi connectivity index (χ0n) is 14.8. The van der Waals surface area contributed by atoms with Crippen LogP contribution in [0.15, 0.2) is 53.6 Å². The van der Waals surface area contributed by atoms with Crippen LogP contribution in [-0.4, -0.2) is 31.0 Å². The first kappa shape index (κ1) is 19.8. The van der Waals surface area contributed by atoms with Gasteiger partial charge in [-0.2, -0.15) is 0 Å². The van der Waals surface area contributed by atoms with Gasteiger partial charge in [-0.3, -0.25) is 4.79 Å². The Morgan fingerprint density at radius 3 is 2.61 bits per heavy atom. The fourth-order valence-electron chi connectivity index (χ4n) is 2.59. The van der Waals surface area contributed by atoms with E-state index in [1.807, 2.05) is 4.72 Å². The number of carbonyl (C=O) groups is 1. The zero-order chi connectivity index (χ0) is 20.5. The van der Waals surface area contributed by atoms with E-state index in [0.29, 0.717) is 0 Å². The van der Waals surface area contributed by atoms with Gasteiger partial charge in [0.15, 0.2) is 0 Å². The highest BCUT2D eigenvalue weighted by atomic mass is 35.5. The quantitative estimate of drug-likeness (QED) is 0.681. The number of ether oxygens (including phenoxy) is 1. The maximum Gasteiger partial charge on any atom is 0.285 e. The molecule has 10 heteroatoms. The molecule has 28 heavy (non-hydrogen) atoms. The molecule has 0 spiro atoms. The van der Waals surface area contributed by atoms with Crippen molar-refractivity contribution >= 4 is 27.5 Å². The fourth-order valence-corrected chi connectivity index (χ4v) is 3.97. The summed E-state index contributed by atoms with van der Waals surface area (Å²) in [7, 11) is -1.35. The number of methoxy groups -OCH3 is 1. The van der Waals surface area contributed by atoms with Gasteiger partial charge in [-0.15, -0.1) is 0 Å². The van der Waals surface area contributed by atoms with Crippen LogP contribution in [0.4, 0.5) is 4.39 Å². The predicted molar refractivity (Wildman–Crippen MR) is 101 cm³/mol. The van der Waals surface area contributed by atoms with Crippen molar-refractivity contribution in [2.75, 3.05) is 7.11 Å². The van der Waals surface area contributed by atoms with E-state index in [1.165, 1.54) is 61.3 Å². The molecule has 0 radical (unpaired) electrons. The van der Waals surface area contributed by atoms with Crippen molar-refractivity contribution in [1.82, 2.24) is 14.3 Å². The van der Waals surface area contributed by atoms with Crippen LogP contribution in [0.5, 0.6) is 5.75 Å². The maximum absolute atomic E-state index is 14.2. The van der Waals surface area contributed by atoms with E-state index in [0.717, 1.165) is 0 Å². The number of halogens is 2. The van der Waals surface area contributed by atoms with E-state index in [4.69, 9.17) is 16.3 Å². The molecule has 0 bridgehead atoms. The van der Waals surface area contributed by atoms with Gasteiger partial charge in [-0.25, -0.2) is 22.5 Å². The van der Waals surface area contributed by atoms with Crippen molar-refractivity contribution in [3.8, 4) is 17.1 Å². The highest BCUT2D eigenvalue weighted by Gasteiger charge is 2.25. The minimum Gasteiger partial charge on any atom is -0.495 e. The molecule has 1 heterocycles. The maximum atomic E-state index is 14.2. The van der Waals surface area contributed by atoms with Crippen LogP contribution in [0.1, 0.15) is 10.5 Å². The number of carbonyl (C=O) groups excluding carboxylic acids is 1. The molecule has 146 valence electrons. The average Bonchev–Trinajstić information content (AvgIpc) is 3.03. The van der Waals surface area contributed by atoms with Crippen molar-refractivity contribution < 1.29 is 22.3 Å². The molecular formula is C18H15ClFN3O4S. The highest BCUT2D eigenvalue weighted by molar-refractivity contribution is 7.90. The minimum absolute atomic E-state index is 0.0123. The molecule has 3 aromatic rings. The Bertz CT molecular complexity index is 1140. The van der Waals surface area contributed by atoms with Crippen molar-refractivity contribution in [2.24, 2.45) is 7.05 Å². The van der Waals surface area contributed by atoms with Crippen molar-refractivity contribution in [3.63, 3.8) is 0 Å². The molecule has 0 aliphatic heterocycles. The number of sulfonamides is 1. The van der Waals surface area contributed by atoms with E-state index in [2.05, 4.69) is 4.98 Å². The lowest BCUT2D eigenvalue weighted by atomic mass is 10.2. The van der Waals surface area contributed by atoms with Gasteiger partial charge >= 0.3 is 0 Å². The predicted octanol–water partition coefficient (Wildman–Crippen LogP) is 3.01.